The fraction of sp³-hybridized carbons (Fsp3) is 0.250. The van der Waals surface area contributed by atoms with Crippen molar-refractivity contribution in [2.75, 3.05) is 7.11 Å². The van der Waals surface area contributed by atoms with Gasteiger partial charge in [0.1, 0.15) is 23.4 Å². The third kappa shape index (κ3) is 4.54. The lowest BCUT2D eigenvalue weighted by Gasteiger charge is -2.32. The number of methoxy groups -OCH3 is 1. The van der Waals surface area contributed by atoms with Crippen LogP contribution in [-0.4, -0.2) is 13.1 Å². The minimum Gasteiger partial charge on any atom is -0.497 e. The Labute approximate surface area is 189 Å². The van der Waals surface area contributed by atoms with Gasteiger partial charge in [0.05, 0.1) is 18.1 Å². The lowest BCUT2D eigenvalue weighted by Crippen LogP contribution is -2.26. The summed E-state index contributed by atoms with van der Waals surface area (Å²) in [6, 6.07) is 25.7. The van der Waals surface area contributed by atoms with E-state index in [-0.39, 0.29) is 12.1 Å². The summed E-state index contributed by atoms with van der Waals surface area (Å²) in [6.07, 6.45) is 0.209. The number of hydrogen-bond donors (Lipinski definition) is 0. The molecule has 4 rings (SSSR count). The first-order chi connectivity index (χ1) is 15.4. The largest absolute Gasteiger partial charge is 0.497 e. The van der Waals surface area contributed by atoms with Crippen LogP contribution in [0, 0.1) is 5.41 Å². The minimum absolute atomic E-state index is 0.275. The fourth-order valence-corrected chi connectivity index (χ4v) is 3.65. The van der Waals surface area contributed by atoms with Crippen LogP contribution in [-0.2, 0) is 16.0 Å². The molecule has 164 valence electrons. The van der Waals surface area contributed by atoms with Gasteiger partial charge in [0.25, 0.3) is 0 Å². The van der Waals surface area contributed by atoms with Crippen molar-refractivity contribution in [2.45, 2.75) is 33.3 Å². The molecule has 0 saturated heterocycles. The summed E-state index contributed by atoms with van der Waals surface area (Å²) < 4.78 is 17.9. The number of rotatable bonds is 5. The number of para-hydroxylation sites is 1. The Balaban J connectivity index is 1.86. The van der Waals surface area contributed by atoms with E-state index in [4.69, 9.17) is 14.2 Å². The van der Waals surface area contributed by atoms with E-state index in [1.807, 2.05) is 99.6 Å². The molecule has 32 heavy (non-hydrogen) atoms. The third-order valence-electron chi connectivity index (χ3n) is 5.45. The molecule has 4 heteroatoms. The van der Waals surface area contributed by atoms with Crippen LogP contribution in [0.1, 0.15) is 43.6 Å². The fourth-order valence-electron chi connectivity index (χ4n) is 3.65. The molecule has 4 nitrogen and oxygen atoms in total. The molecule has 0 saturated carbocycles. The first-order valence-corrected chi connectivity index (χ1v) is 10.8. The number of esters is 1. The van der Waals surface area contributed by atoms with Crippen molar-refractivity contribution in [3.63, 3.8) is 0 Å². The maximum atomic E-state index is 13.0. The van der Waals surface area contributed by atoms with Gasteiger partial charge in [-0.25, -0.2) is 0 Å². The molecular weight excluding hydrogens is 400 g/mol. The quantitative estimate of drug-likeness (QED) is 0.443. The van der Waals surface area contributed by atoms with E-state index < -0.39 is 5.41 Å². The molecule has 3 aromatic rings. The number of carbonyl (C=O) groups excluding carboxylic acids is 1. The molecule has 0 bridgehead atoms. The van der Waals surface area contributed by atoms with E-state index in [1.165, 1.54) is 0 Å². The van der Waals surface area contributed by atoms with Gasteiger partial charge in [-0.2, -0.15) is 0 Å². The number of carbonyl (C=O) groups is 1. The molecule has 3 aromatic carbocycles. The van der Waals surface area contributed by atoms with Crippen molar-refractivity contribution in [3.8, 4) is 11.5 Å². The number of fused-ring (bicyclic) bond motifs is 1. The molecule has 0 radical (unpaired) electrons. The second-order valence-corrected chi connectivity index (χ2v) is 8.92. The summed E-state index contributed by atoms with van der Waals surface area (Å²) in [5.74, 6) is 1.81. The average molecular weight is 429 g/mol. The zero-order chi connectivity index (χ0) is 22.7. The molecule has 0 amide bonds. The van der Waals surface area contributed by atoms with Crippen molar-refractivity contribution in [1.29, 1.82) is 0 Å². The van der Waals surface area contributed by atoms with Gasteiger partial charge in [0.2, 0.25) is 0 Å². The summed E-state index contributed by atoms with van der Waals surface area (Å²) in [7, 11) is 1.65. The maximum Gasteiger partial charge on any atom is 0.316 e. The van der Waals surface area contributed by atoms with Crippen LogP contribution in [0.2, 0.25) is 0 Å². The number of benzene rings is 3. The zero-order valence-electron chi connectivity index (χ0n) is 18.9. The molecular formula is C28H28O4. The van der Waals surface area contributed by atoms with E-state index in [2.05, 4.69) is 0 Å². The normalized spacial score (nSPS) is 15.6. The van der Waals surface area contributed by atoms with Gasteiger partial charge < -0.3 is 14.2 Å². The Morgan fingerprint density at radius 3 is 2.22 bits per heavy atom. The van der Waals surface area contributed by atoms with Crippen LogP contribution >= 0.6 is 0 Å². The summed E-state index contributed by atoms with van der Waals surface area (Å²) >= 11 is 0. The van der Waals surface area contributed by atoms with Crippen molar-refractivity contribution in [2.24, 2.45) is 5.41 Å². The number of ether oxygens (including phenoxy) is 3. The van der Waals surface area contributed by atoms with Crippen LogP contribution in [0.5, 0.6) is 11.5 Å². The van der Waals surface area contributed by atoms with Crippen molar-refractivity contribution >= 4 is 11.7 Å². The van der Waals surface area contributed by atoms with Gasteiger partial charge in [-0.15, -0.1) is 0 Å². The van der Waals surface area contributed by atoms with E-state index in [0.717, 1.165) is 28.0 Å². The second-order valence-electron chi connectivity index (χ2n) is 8.92. The summed E-state index contributed by atoms with van der Waals surface area (Å²) in [5.41, 5.74) is 3.16. The Bertz CT molecular complexity index is 1120. The highest BCUT2D eigenvalue weighted by Gasteiger charge is 2.34. The minimum atomic E-state index is -0.631. The highest BCUT2D eigenvalue weighted by atomic mass is 16.5. The van der Waals surface area contributed by atoms with E-state index >= 15 is 0 Å². The predicted octanol–water partition coefficient (Wildman–Crippen LogP) is 6.37. The van der Waals surface area contributed by atoms with Gasteiger partial charge >= 0.3 is 5.97 Å². The molecule has 0 aromatic heterocycles. The predicted molar refractivity (Wildman–Crippen MR) is 125 cm³/mol. The lowest BCUT2D eigenvalue weighted by molar-refractivity contribution is -0.145. The molecule has 1 heterocycles. The molecule has 0 N–H and O–H groups in total. The highest BCUT2D eigenvalue weighted by molar-refractivity contribution is 5.85. The van der Waals surface area contributed by atoms with Gasteiger partial charge in [0, 0.05) is 12.0 Å². The topological polar surface area (TPSA) is 44.8 Å². The summed E-state index contributed by atoms with van der Waals surface area (Å²) in [6.45, 7) is 5.58. The Kier molecular flexibility index (Phi) is 6.04. The van der Waals surface area contributed by atoms with Crippen molar-refractivity contribution in [3.05, 3.63) is 101 Å². The van der Waals surface area contributed by atoms with Crippen LogP contribution in [0.25, 0.3) is 5.76 Å². The van der Waals surface area contributed by atoms with Gasteiger partial charge in [0.15, 0.2) is 0 Å². The zero-order valence-corrected chi connectivity index (χ0v) is 18.9. The van der Waals surface area contributed by atoms with Crippen molar-refractivity contribution < 1.29 is 19.0 Å². The van der Waals surface area contributed by atoms with Crippen LogP contribution < -0.4 is 9.47 Å². The van der Waals surface area contributed by atoms with Gasteiger partial charge in [-0.3, -0.25) is 4.79 Å². The van der Waals surface area contributed by atoms with E-state index in [9.17, 15) is 4.79 Å². The second kappa shape index (κ2) is 8.91. The standard InChI is InChI=1S/C28H28O4/c1-28(2,3)27(29)32-26-22-12-8-9-13-24(22)31-25(20-10-6-5-7-11-20)23(26)18-19-14-16-21(30-4)17-15-19/h5-17,25H,18H2,1-4H3/t25-/m1/s1. The summed E-state index contributed by atoms with van der Waals surface area (Å²) in [4.78, 5) is 13.0. The van der Waals surface area contributed by atoms with Crippen molar-refractivity contribution in [1.82, 2.24) is 0 Å². The highest BCUT2D eigenvalue weighted by Crippen LogP contribution is 2.44. The first kappa shape index (κ1) is 21.7. The first-order valence-electron chi connectivity index (χ1n) is 10.8. The number of hydrogen-bond acceptors (Lipinski definition) is 4. The molecule has 0 spiro atoms. The summed E-state index contributed by atoms with van der Waals surface area (Å²) in [5, 5.41) is 0. The van der Waals surface area contributed by atoms with Crippen LogP contribution in [0.15, 0.2) is 84.4 Å². The molecule has 1 aliphatic rings. The van der Waals surface area contributed by atoms with Gasteiger partial charge in [-0.05, 0) is 56.2 Å². The smallest absolute Gasteiger partial charge is 0.316 e. The van der Waals surface area contributed by atoms with Crippen LogP contribution in [0.4, 0.5) is 0 Å². The molecule has 0 aliphatic carbocycles. The Morgan fingerprint density at radius 1 is 0.906 bits per heavy atom. The molecule has 1 atom stereocenters. The van der Waals surface area contributed by atoms with Gasteiger partial charge in [-0.1, -0.05) is 54.6 Å². The molecule has 1 aliphatic heterocycles. The van der Waals surface area contributed by atoms with Crippen LogP contribution in [0.3, 0.4) is 0 Å². The van der Waals surface area contributed by atoms with E-state index in [1.54, 1.807) is 7.11 Å². The monoisotopic (exact) mass is 428 g/mol. The molecule has 0 fully saturated rings. The Morgan fingerprint density at radius 2 is 1.56 bits per heavy atom. The maximum absolute atomic E-state index is 13.0. The van der Waals surface area contributed by atoms with E-state index in [0.29, 0.717) is 17.9 Å². The lowest BCUT2D eigenvalue weighted by atomic mass is 9.89. The third-order valence-corrected chi connectivity index (χ3v) is 5.45. The Hall–Kier alpha value is -3.53. The average Bonchev–Trinajstić information content (AvgIpc) is 2.80. The molecule has 0 unspecified atom stereocenters. The SMILES string of the molecule is COc1ccc(CC2=C(OC(=O)C(C)(C)C)c3ccccc3O[C@@H]2c2ccccc2)cc1.